The van der Waals surface area contributed by atoms with Crippen molar-refractivity contribution in [2.24, 2.45) is 7.05 Å². The molecule has 4 aromatic rings. The number of aromatic nitrogens is 7. The third-order valence-electron chi connectivity index (χ3n) is 5.70. The topological polar surface area (TPSA) is 106 Å². The average Bonchev–Trinajstić information content (AvgIpc) is 3.53. The molecule has 1 aliphatic heterocycles. The summed E-state index contributed by atoms with van der Waals surface area (Å²) >= 11 is 1.38. The summed E-state index contributed by atoms with van der Waals surface area (Å²) in [5.74, 6) is 2.32. The standard InChI is InChI=1S/C21H23N7O3S/c1-14-19(20(29)28(26(14)2)16-6-4-3-5-7-16)27-21(23-24-25-27)32-13-18-22-12-17(31-18)15-8-10-30-11-9-15/h3-7,12,15H,8-11,13H2,1-2H3. The number of benzene rings is 1. The van der Waals surface area contributed by atoms with Gasteiger partial charge in [0.2, 0.25) is 11.0 Å². The van der Waals surface area contributed by atoms with Gasteiger partial charge in [-0.25, -0.2) is 9.67 Å². The second-order valence-corrected chi connectivity index (χ2v) is 8.56. The van der Waals surface area contributed by atoms with Crippen molar-refractivity contribution < 1.29 is 9.15 Å². The number of ether oxygens (including phenoxy) is 1. The van der Waals surface area contributed by atoms with Crippen molar-refractivity contribution in [3.63, 3.8) is 0 Å². The third-order valence-corrected chi connectivity index (χ3v) is 6.60. The molecule has 0 saturated carbocycles. The van der Waals surface area contributed by atoms with Crippen LogP contribution in [0.3, 0.4) is 0 Å². The molecule has 10 nitrogen and oxygen atoms in total. The van der Waals surface area contributed by atoms with Gasteiger partial charge in [-0.1, -0.05) is 30.0 Å². The summed E-state index contributed by atoms with van der Waals surface area (Å²) in [7, 11) is 1.84. The number of hydrogen-bond donors (Lipinski definition) is 0. The minimum Gasteiger partial charge on any atom is -0.445 e. The van der Waals surface area contributed by atoms with E-state index >= 15 is 0 Å². The normalized spacial score (nSPS) is 14.8. The Labute approximate surface area is 188 Å². The van der Waals surface area contributed by atoms with Gasteiger partial charge >= 0.3 is 0 Å². The van der Waals surface area contributed by atoms with Crippen molar-refractivity contribution >= 4 is 11.8 Å². The zero-order valence-electron chi connectivity index (χ0n) is 17.8. The second kappa shape index (κ2) is 8.75. The largest absolute Gasteiger partial charge is 0.445 e. The van der Waals surface area contributed by atoms with Crippen LogP contribution in [0.4, 0.5) is 0 Å². The predicted octanol–water partition coefficient (Wildman–Crippen LogP) is 2.63. The highest BCUT2D eigenvalue weighted by atomic mass is 32.2. The molecular weight excluding hydrogens is 430 g/mol. The first-order valence-corrected chi connectivity index (χ1v) is 11.4. The van der Waals surface area contributed by atoms with Crippen LogP contribution in [0.5, 0.6) is 0 Å². The number of hydrogen-bond acceptors (Lipinski definition) is 8. The van der Waals surface area contributed by atoms with E-state index in [4.69, 9.17) is 9.15 Å². The van der Waals surface area contributed by atoms with E-state index in [-0.39, 0.29) is 5.56 Å². The van der Waals surface area contributed by atoms with Crippen LogP contribution in [0.2, 0.25) is 0 Å². The Bertz CT molecular complexity index is 1270. The fraction of sp³-hybridized carbons (Fsp3) is 0.381. The molecule has 0 N–H and O–H groups in total. The van der Waals surface area contributed by atoms with E-state index in [9.17, 15) is 4.79 Å². The predicted molar refractivity (Wildman–Crippen MR) is 117 cm³/mol. The van der Waals surface area contributed by atoms with Crippen molar-refractivity contribution in [3.05, 3.63) is 64.2 Å². The Kier molecular flexibility index (Phi) is 5.66. The maximum atomic E-state index is 13.3. The molecule has 3 aromatic heterocycles. The molecular formula is C21H23N7O3S. The van der Waals surface area contributed by atoms with Crippen LogP contribution in [0, 0.1) is 6.92 Å². The van der Waals surface area contributed by atoms with E-state index in [0.29, 0.717) is 28.4 Å². The van der Waals surface area contributed by atoms with Crippen LogP contribution >= 0.6 is 11.8 Å². The van der Waals surface area contributed by atoms with Gasteiger partial charge in [0.1, 0.15) is 5.76 Å². The van der Waals surface area contributed by atoms with Gasteiger partial charge in [0, 0.05) is 26.2 Å². The molecule has 4 heterocycles. The Balaban J connectivity index is 1.39. The number of rotatable bonds is 6. The minimum atomic E-state index is -0.191. The van der Waals surface area contributed by atoms with Crippen molar-refractivity contribution in [2.75, 3.05) is 13.2 Å². The number of thioether (sulfide) groups is 1. The number of oxazole rings is 1. The van der Waals surface area contributed by atoms with E-state index in [0.717, 1.165) is 43.2 Å². The Hall–Kier alpha value is -3.18. The first-order valence-electron chi connectivity index (χ1n) is 10.4. The highest BCUT2D eigenvalue weighted by Gasteiger charge is 2.23. The summed E-state index contributed by atoms with van der Waals surface area (Å²) in [4.78, 5) is 17.7. The highest BCUT2D eigenvalue weighted by molar-refractivity contribution is 7.98. The lowest BCUT2D eigenvalue weighted by atomic mass is 9.98. The van der Waals surface area contributed by atoms with Crippen LogP contribution in [0.25, 0.3) is 11.4 Å². The maximum Gasteiger partial charge on any atom is 0.297 e. The van der Waals surface area contributed by atoms with E-state index in [1.54, 1.807) is 15.6 Å². The Morgan fingerprint density at radius 3 is 2.75 bits per heavy atom. The van der Waals surface area contributed by atoms with Crippen LogP contribution in [-0.2, 0) is 17.5 Å². The maximum absolute atomic E-state index is 13.3. The molecule has 0 radical (unpaired) electrons. The highest BCUT2D eigenvalue weighted by Crippen LogP contribution is 2.29. The Morgan fingerprint density at radius 1 is 1.19 bits per heavy atom. The SMILES string of the molecule is Cc1c(-n2nnnc2SCc2ncc(C3CCOCC3)o2)c(=O)n(-c2ccccc2)n1C. The lowest BCUT2D eigenvalue weighted by molar-refractivity contribution is 0.0804. The van der Waals surface area contributed by atoms with Crippen molar-refractivity contribution in [1.82, 2.24) is 34.6 Å². The molecule has 0 unspecified atom stereocenters. The van der Waals surface area contributed by atoms with E-state index in [2.05, 4.69) is 20.5 Å². The van der Waals surface area contributed by atoms with E-state index < -0.39 is 0 Å². The zero-order valence-corrected chi connectivity index (χ0v) is 18.7. The third kappa shape index (κ3) is 3.78. The van der Waals surface area contributed by atoms with Crippen LogP contribution in [-0.4, -0.2) is 47.8 Å². The molecule has 0 amide bonds. The summed E-state index contributed by atoms with van der Waals surface area (Å²) in [6, 6.07) is 9.48. The summed E-state index contributed by atoms with van der Waals surface area (Å²) in [6.07, 6.45) is 3.69. The minimum absolute atomic E-state index is 0.191. The fourth-order valence-electron chi connectivity index (χ4n) is 3.90. The quantitative estimate of drug-likeness (QED) is 0.410. The molecule has 1 aliphatic rings. The molecule has 1 saturated heterocycles. The summed E-state index contributed by atoms with van der Waals surface area (Å²) in [5, 5.41) is 12.5. The first kappa shape index (κ1) is 20.7. The molecule has 0 aliphatic carbocycles. The number of tetrazole rings is 1. The van der Waals surface area contributed by atoms with Crippen LogP contribution < -0.4 is 5.56 Å². The van der Waals surface area contributed by atoms with Gasteiger partial charge in [0.05, 0.1) is 23.3 Å². The van der Waals surface area contributed by atoms with Gasteiger partial charge in [-0.15, -0.1) is 5.10 Å². The fourth-order valence-corrected chi connectivity index (χ4v) is 4.63. The number of nitrogens with zero attached hydrogens (tertiary/aromatic N) is 7. The zero-order chi connectivity index (χ0) is 22.1. The molecule has 1 fully saturated rings. The Morgan fingerprint density at radius 2 is 1.97 bits per heavy atom. The van der Waals surface area contributed by atoms with Crippen molar-refractivity contribution in [1.29, 1.82) is 0 Å². The molecule has 0 bridgehead atoms. The van der Waals surface area contributed by atoms with Gasteiger partial charge in [-0.2, -0.15) is 4.68 Å². The first-order chi connectivity index (χ1) is 15.6. The summed E-state index contributed by atoms with van der Waals surface area (Å²) < 4.78 is 16.3. The van der Waals surface area contributed by atoms with Crippen molar-refractivity contribution in [2.45, 2.75) is 36.6 Å². The molecule has 1 aromatic carbocycles. The van der Waals surface area contributed by atoms with Gasteiger partial charge in [-0.3, -0.25) is 9.48 Å². The lowest BCUT2D eigenvalue weighted by Crippen LogP contribution is -2.22. The molecule has 0 spiro atoms. The molecule has 5 rings (SSSR count). The summed E-state index contributed by atoms with van der Waals surface area (Å²) in [5.41, 5.74) is 1.76. The van der Waals surface area contributed by atoms with Gasteiger partial charge in [-0.05, 0) is 42.3 Å². The van der Waals surface area contributed by atoms with Crippen LogP contribution in [0.1, 0.15) is 36.1 Å². The van der Waals surface area contributed by atoms with Crippen molar-refractivity contribution in [3.8, 4) is 11.4 Å². The lowest BCUT2D eigenvalue weighted by Gasteiger charge is -2.19. The monoisotopic (exact) mass is 453 g/mol. The molecule has 32 heavy (non-hydrogen) atoms. The molecule has 166 valence electrons. The van der Waals surface area contributed by atoms with Gasteiger partial charge in [0.15, 0.2) is 5.69 Å². The second-order valence-electron chi connectivity index (χ2n) is 7.62. The average molecular weight is 454 g/mol. The van der Waals surface area contributed by atoms with E-state index in [1.807, 2.05) is 44.3 Å². The van der Waals surface area contributed by atoms with E-state index in [1.165, 1.54) is 16.4 Å². The summed E-state index contributed by atoms with van der Waals surface area (Å²) in [6.45, 7) is 3.38. The number of para-hydroxylation sites is 1. The van der Waals surface area contributed by atoms with Crippen LogP contribution in [0.15, 0.2) is 50.9 Å². The van der Waals surface area contributed by atoms with Gasteiger partial charge in [0.25, 0.3) is 5.56 Å². The molecule has 11 heteroatoms. The smallest absolute Gasteiger partial charge is 0.297 e. The van der Waals surface area contributed by atoms with Gasteiger partial charge < -0.3 is 9.15 Å². The molecule has 0 atom stereocenters.